The van der Waals surface area contributed by atoms with Crippen LogP contribution in [0, 0.1) is 10.1 Å². The van der Waals surface area contributed by atoms with Crippen molar-refractivity contribution in [2.24, 2.45) is 5.84 Å². The van der Waals surface area contributed by atoms with Gasteiger partial charge in [0, 0.05) is 24.7 Å². The zero-order valence-electron chi connectivity index (χ0n) is 22.1. The van der Waals surface area contributed by atoms with Gasteiger partial charge in [-0.25, -0.2) is 10.6 Å². The molecule has 0 aliphatic heterocycles. The SMILES string of the molecule is CC.CCC.CCOC(=O)/C(NCc1ccc(OC)cc1)=C(/NN)N(C)c1ccc(Cl)cc1[N+](=O)[O-]. The summed E-state index contributed by atoms with van der Waals surface area (Å²) in [7, 11) is 3.10. The van der Waals surface area contributed by atoms with Gasteiger partial charge in [-0.2, -0.15) is 0 Å². The number of methoxy groups -OCH3 is 1. The van der Waals surface area contributed by atoms with Crippen LogP contribution in [0.25, 0.3) is 0 Å². The molecule has 0 fully saturated rings. The predicted octanol–water partition coefficient (Wildman–Crippen LogP) is 5.12. The molecule has 0 aromatic heterocycles. The zero-order chi connectivity index (χ0) is 27.7. The minimum atomic E-state index is -0.674. The van der Waals surface area contributed by atoms with Gasteiger partial charge < -0.3 is 25.1 Å². The van der Waals surface area contributed by atoms with Crippen molar-refractivity contribution in [3.8, 4) is 5.75 Å². The Hall–Kier alpha value is -3.50. The first kappa shape index (κ1) is 32.5. The van der Waals surface area contributed by atoms with E-state index in [4.69, 9.17) is 26.9 Å². The van der Waals surface area contributed by atoms with E-state index in [1.54, 1.807) is 26.2 Å². The van der Waals surface area contributed by atoms with E-state index in [9.17, 15) is 14.9 Å². The number of nitrogens with two attached hydrogens (primary N) is 1. The van der Waals surface area contributed by atoms with Crippen molar-refractivity contribution in [2.75, 3.05) is 25.7 Å². The van der Waals surface area contributed by atoms with Crippen LogP contribution in [0.15, 0.2) is 54.0 Å². The monoisotopic (exact) mass is 523 g/mol. The minimum absolute atomic E-state index is 0.00640. The van der Waals surface area contributed by atoms with Gasteiger partial charge in [0.25, 0.3) is 5.69 Å². The van der Waals surface area contributed by atoms with Gasteiger partial charge in [0.05, 0.1) is 18.6 Å². The van der Waals surface area contributed by atoms with E-state index >= 15 is 0 Å². The largest absolute Gasteiger partial charge is 0.497 e. The molecule has 10 nitrogen and oxygen atoms in total. The van der Waals surface area contributed by atoms with E-state index in [0.29, 0.717) is 5.75 Å². The summed E-state index contributed by atoms with van der Waals surface area (Å²) in [6.45, 7) is 10.3. The molecule has 2 aromatic rings. The van der Waals surface area contributed by atoms with Crippen LogP contribution >= 0.6 is 11.6 Å². The molecule has 0 spiro atoms. The summed E-state index contributed by atoms with van der Waals surface area (Å²) < 4.78 is 10.3. The first-order valence-corrected chi connectivity index (χ1v) is 12.0. The lowest BCUT2D eigenvalue weighted by molar-refractivity contribution is -0.384. The highest BCUT2D eigenvalue weighted by Gasteiger charge is 2.25. The summed E-state index contributed by atoms with van der Waals surface area (Å²) in [6.07, 6.45) is 1.25. The van der Waals surface area contributed by atoms with E-state index in [0.717, 1.165) is 5.56 Å². The number of hydrogen-bond acceptors (Lipinski definition) is 9. The topological polar surface area (TPSA) is 132 Å². The Kier molecular flexibility index (Phi) is 16.1. The number of hydrogen-bond donors (Lipinski definition) is 3. The van der Waals surface area contributed by atoms with E-state index in [-0.39, 0.29) is 41.1 Å². The number of hydrazine groups is 1. The lowest BCUT2D eigenvalue weighted by Gasteiger charge is -2.25. The van der Waals surface area contributed by atoms with Crippen molar-refractivity contribution < 1.29 is 19.2 Å². The maximum Gasteiger partial charge on any atom is 0.358 e. The molecule has 0 saturated heterocycles. The number of carbonyl (C=O) groups is 1. The fourth-order valence-electron chi connectivity index (χ4n) is 2.77. The second kappa shape index (κ2) is 17.9. The Morgan fingerprint density at radius 1 is 1.14 bits per heavy atom. The average Bonchev–Trinajstić information content (AvgIpc) is 2.88. The lowest BCUT2D eigenvalue weighted by Crippen LogP contribution is -2.39. The molecule has 2 rings (SSSR count). The van der Waals surface area contributed by atoms with E-state index in [2.05, 4.69) is 24.6 Å². The summed E-state index contributed by atoms with van der Waals surface area (Å²) in [5.74, 6) is 5.80. The number of benzene rings is 2. The molecule has 0 heterocycles. The van der Waals surface area contributed by atoms with Gasteiger partial charge in [0.1, 0.15) is 11.4 Å². The van der Waals surface area contributed by atoms with Crippen LogP contribution in [-0.4, -0.2) is 31.7 Å². The van der Waals surface area contributed by atoms with Gasteiger partial charge in [-0.05, 0) is 36.8 Å². The number of nitro benzene ring substituents is 1. The molecule has 0 bridgehead atoms. The smallest absolute Gasteiger partial charge is 0.358 e. The molecule has 200 valence electrons. The van der Waals surface area contributed by atoms with Gasteiger partial charge >= 0.3 is 5.97 Å². The van der Waals surface area contributed by atoms with Gasteiger partial charge in [-0.1, -0.05) is 57.8 Å². The second-order valence-corrected chi connectivity index (χ2v) is 7.38. The molecule has 11 heteroatoms. The number of anilines is 1. The molecular formula is C25H38ClN5O5. The number of halogens is 1. The highest BCUT2D eigenvalue weighted by molar-refractivity contribution is 6.30. The van der Waals surface area contributed by atoms with Crippen molar-refractivity contribution in [3.63, 3.8) is 0 Å². The molecule has 0 amide bonds. The number of carbonyl (C=O) groups excluding carboxylic acids is 1. The first-order chi connectivity index (χ1) is 17.2. The molecule has 0 atom stereocenters. The highest BCUT2D eigenvalue weighted by atomic mass is 35.5. The quantitative estimate of drug-likeness (QED) is 0.127. The summed E-state index contributed by atoms with van der Waals surface area (Å²) >= 11 is 5.90. The second-order valence-electron chi connectivity index (χ2n) is 6.95. The Morgan fingerprint density at radius 3 is 2.19 bits per heavy atom. The first-order valence-electron chi connectivity index (χ1n) is 11.7. The van der Waals surface area contributed by atoms with Crippen molar-refractivity contribution >= 4 is 28.9 Å². The van der Waals surface area contributed by atoms with Crippen LogP contribution in [0.3, 0.4) is 0 Å². The zero-order valence-corrected chi connectivity index (χ0v) is 22.8. The van der Waals surface area contributed by atoms with E-state index in [1.165, 1.54) is 36.6 Å². The van der Waals surface area contributed by atoms with Crippen molar-refractivity contribution in [1.82, 2.24) is 10.7 Å². The van der Waals surface area contributed by atoms with Crippen LogP contribution in [-0.2, 0) is 16.1 Å². The maximum atomic E-state index is 12.6. The fraction of sp³-hybridized carbons (Fsp3) is 0.400. The van der Waals surface area contributed by atoms with Crippen LogP contribution in [0.4, 0.5) is 11.4 Å². The van der Waals surface area contributed by atoms with Crippen molar-refractivity contribution in [1.29, 1.82) is 0 Å². The number of nitrogens with zero attached hydrogens (tertiary/aromatic N) is 2. The summed E-state index contributed by atoms with van der Waals surface area (Å²) in [5.41, 5.74) is 3.24. The molecule has 0 radical (unpaired) electrons. The Morgan fingerprint density at radius 2 is 1.72 bits per heavy atom. The van der Waals surface area contributed by atoms with Crippen LogP contribution < -0.4 is 26.2 Å². The van der Waals surface area contributed by atoms with Crippen LogP contribution in [0.2, 0.25) is 5.02 Å². The van der Waals surface area contributed by atoms with E-state index in [1.807, 2.05) is 26.0 Å². The summed E-state index contributed by atoms with van der Waals surface area (Å²) in [6, 6.07) is 11.4. The molecule has 4 N–H and O–H groups in total. The number of nitrogens with one attached hydrogen (secondary N) is 2. The highest BCUT2D eigenvalue weighted by Crippen LogP contribution is 2.32. The third-order valence-corrected chi connectivity index (χ3v) is 4.55. The lowest BCUT2D eigenvalue weighted by atomic mass is 10.2. The Bertz CT molecular complexity index is 983. The number of esters is 1. The Balaban J connectivity index is 0.00000227. The molecule has 0 aliphatic carbocycles. The number of rotatable bonds is 10. The third kappa shape index (κ3) is 10.0. The maximum absolute atomic E-state index is 12.6. The van der Waals surface area contributed by atoms with Gasteiger partial charge in [-0.3, -0.25) is 10.1 Å². The molecule has 0 aliphatic rings. The summed E-state index contributed by atoms with van der Waals surface area (Å²) in [5, 5.41) is 14.7. The normalized spacial score (nSPS) is 10.4. The average molecular weight is 524 g/mol. The molecular weight excluding hydrogens is 486 g/mol. The van der Waals surface area contributed by atoms with Crippen LogP contribution in [0.5, 0.6) is 5.75 Å². The minimum Gasteiger partial charge on any atom is -0.497 e. The van der Waals surface area contributed by atoms with Crippen molar-refractivity contribution in [2.45, 2.75) is 47.6 Å². The molecule has 2 aromatic carbocycles. The standard InChI is InChI=1S/C20H24ClN5O5.C3H8.C2H6/c1-4-31-20(27)18(23-12-13-5-8-15(30-3)9-6-13)19(24-22)25(2)16-10-7-14(21)11-17(16)26(28)29;1-3-2;1-2/h5-11,23-24H,4,12,22H2,1-3H3;3H2,1-2H3;1-2H3/b19-18+;;. The van der Waals surface area contributed by atoms with E-state index < -0.39 is 10.9 Å². The Labute approximate surface area is 218 Å². The van der Waals surface area contributed by atoms with Crippen molar-refractivity contribution in [3.05, 3.63) is 74.7 Å². The predicted molar refractivity (Wildman–Crippen MR) is 145 cm³/mol. The van der Waals surface area contributed by atoms with Gasteiger partial charge in [0.15, 0.2) is 11.5 Å². The molecule has 36 heavy (non-hydrogen) atoms. The number of nitro groups is 1. The fourth-order valence-corrected chi connectivity index (χ4v) is 2.94. The van der Waals surface area contributed by atoms with Gasteiger partial charge in [0.2, 0.25) is 0 Å². The molecule has 0 unspecified atom stereocenters. The molecule has 0 saturated carbocycles. The number of ether oxygens (including phenoxy) is 2. The summed E-state index contributed by atoms with van der Waals surface area (Å²) in [4.78, 5) is 24.9. The third-order valence-electron chi connectivity index (χ3n) is 4.31. The van der Waals surface area contributed by atoms with Gasteiger partial charge in [-0.15, -0.1) is 0 Å². The van der Waals surface area contributed by atoms with Crippen LogP contribution in [0.1, 0.15) is 46.6 Å².